The summed E-state index contributed by atoms with van der Waals surface area (Å²) in [6, 6.07) is 8.46. The Morgan fingerprint density at radius 3 is 2.44 bits per heavy atom. The normalized spacial score (nSPS) is 10.3. The third kappa shape index (κ3) is 2.81. The van der Waals surface area contributed by atoms with Crippen LogP contribution in [0.2, 0.25) is 10.0 Å². The summed E-state index contributed by atoms with van der Waals surface area (Å²) >= 11 is 11.8. The molecule has 2 aromatic rings. The van der Waals surface area contributed by atoms with E-state index in [1.165, 1.54) is 12.1 Å². The van der Waals surface area contributed by atoms with Crippen LogP contribution in [0.15, 0.2) is 36.5 Å². The minimum absolute atomic E-state index is 0.0995. The lowest BCUT2D eigenvalue weighted by atomic mass is 10.1. The molecule has 0 aliphatic heterocycles. The van der Waals surface area contributed by atoms with E-state index < -0.39 is 0 Å². The molecule has 2 N–H and O–H groups in total. The van der Waals surface area contributed by atoms with Gasteiger partial charge in [0.05, 0.1) is 22.2 Å². The lowest BCUT2D eigenvalue weighted by molar-refractivity contribution is 0.0992. The number of hydrogen-bond donors (Lipinski definition) is 1. The molecule has 1 aromatic carbocycles. The molecule has 0 saturated heterocycles. The number of nitrogens with two attached hydrogens (primary N) is 1. The summed E-state index contributed by atoms with van der Waals surface area (Å²) in [5.41, 5.74) is 7.04. The standard InChI is InChI=1S/C13H10Cl2N2O/c14-10-5-8(6-11(15)13(10)16)12(18)7-9-3-1-2-4-17-9/h1-6H,7,16H2. The Bertz CT molecular complexity index is 562. The van der Waals surface area contributed by atoms with E-state index in [9.17, 15) is 4.79 Å². The van der Waals surface area contributed by atoms with Gasteiger partial charge in [-0.15, -0.1) is 0 Å². The first-order valence-electron chi connectivity index (χ1n) is 5.25. The van der Waals surface area contributed by atoms with Gasteiger partial charge < -0.3 is 5.73 Å². The molecule has 0 bridgehead atoms. The third-order valence-corrected chi connectivity index (χ3v) is 3.09. The number of ketones is 1. The average molecular weight is 281 g/mol. The van der Waals surface area contributed by atoms with Crippen LogP contribution in [-0.2, 0) is 6.42 Å². The molecule has 0 saturated carbocycles. The van der Waals surface area contributed by atoms with Crippen molar-refractivity contribution in [3.05, 3.63) is 57.8 Å². The van der Waals surface area contributed by atoms with E-state index in [4.69, 9.17) is 28.9 Å². The Labute approximate surface area is 115 Å². The topological polar surface area (TPSA) is 56.0 Å². The zero-order valence-corrected chi connectivity index (χ0v) is 10.9. The van der Waals surface area contributed by atoms with Crippen molar-refractivity contribution in [2.24, 2.45) is 0 Å². The number of halogens is 2. The molecule has 0 unspecified atom stereocenters. The lowest BCUT2D eigenvalue weighted by Gasteiger charge is -2.05. The van der Waals surface area contributed by atoms with Crippen LogP contribution in [0.4, 0.5) is 5.69 Å². The molecule has 0 aliphatic carbocycles. The van der Waals surface area contributed by atoms with Gasteiger partial charge in [0.25, 0.3) is 0 Å². The summed E-state index contributed by atoms with van der Waals surface area (Å²) < 4.78 is 0. The van der Waals surface area contributed by atoms with E-state index in [0.29, 0.717) is 11.3 Å². The van der Waals surface area contributed by atoms with Gasteiger partial charge in [0.1, 0.15) is 0 Å². The van der Waals surface area contributed by atoms with E-state index >= 15 is 0 Å². The predicted octanol–water partition coefficient (Wildman–Crippen LogP) is 3.40. The van der Waals surface area contributed by atoms with Crippen molar-refractivity contribution in [2.75, 3.05) is 5.73 Å². The number of Topliss-reactive ketones (excluding diaryl/α,β-unsaturated/α-hetero) is 1. The number of benzene rings is 1. The largest absolute Gasteiger partial charge is 0.396 e. The van der Waals surface area contributed by atoms with Crippen molar-refractivity contribution in [1.82, 2.24) is 4.98 Å². The Hall–Kier alpha value is -1.58. The number of anilines is 1. The molecule has 92 valence electrons. The molecule has 0 atom stereocenters. The smallest absolute Gasteiger partial charge is 0.168 e. The second-order valence-corrected chi connectivity index (χ2v) is 4.59. The lowest BCUT2D eigenvalue weighted by Crippen LogP contribution is -2.05. The van der Waals surface area contributed by atoms with Gasteiger partial charge in [-0.1, -0.05) is 29.3 Å². The molecule has 18 heavy (non-hydrogen) atoms. The summed E-state index contributed by atoms with van der Waals surface area (Å²) in [5, 5.41) is 0.568. The minimum Gasteiger partial charge on any atom is -0.396 e. The van der Waals surface area contributed by atoms with Crippen molar-refractivity contribution in [3.63, 3.8) is 0 Å². The fraction of sp³-hybridized carbons (Fsp3) is 0.0769. The maximum absolute atomic E-state index is 12.0. The molecular formula is C13H10Cl2N2O. The van der Waals surface area contributed by atoms with Crippen LogP contribution in [0.1, 0.15) is 16.1 Å². The number of nitrogen functional groups attached to an aromatic ring is 1. The molecule has 0 spiro atoms. The maximum atomic E-state index is 12.0. The highest BCUT2D eigenvalue weighted by Crippen LogP contribution is 2.29. The summed E-state index contributed by atoms with van der Waals surface area (Å²) in [6.45, 7) is 0. The van der Waals surface area contributed by atoms with Gasteiger partial charge in [0.2, 0.25) is 0 Å². The van der Waals surface area contributed by atoms with Crippen LogP contribution < -0.4 is 5.73 Å². The van der Waals surface area contributed by atoms with Crippen LogP contribution in [0.25, 0.3) is 0 Å². The van der Waals surface area contributed by atoms with Gasteiger partial charge >= 0.3 is 0 Å². The van der Waals surface area contributed by atoms with Crippen LogP contribution >= 0.6 is 23.2 Å². The highest BCUT2D eigenvalue weighted by atomic mass is 35.5. The van der Waals surface area contributed by atoms with Crippen LogP contribution in [-0.4, -0.2) is 10.8 Å². The van der Waals surface area contributed by atoms with E-state index in [2.05, 4.69) is 4.98 Å². The monoisotopic (exact) mass is 280 g/mol. The van der Waals surface area contributed by atoms with Crippen molar-refractivity contribution in [1.29, 1.82) is 0 Å². The number of rotatable bonds is 3. The molecule has 0 amide bonds. The van der Waals surface area contributed by atoms with Gasteiger partial charge in [-0.2, -0.15) is 0 Å². The number of carbonyl (C=O) groups is 1. The summed E-state index contributed by atoms with van der Waals surface area (Å²) in [4.78, 5) is 16.1. The molecule has 1 aromatic heterocycles. The molecule has 2 rings (SSSR count). The highest BCUT2D eigenvalue weighted by molar-refractivity contribution is 6.39. The zero-order valence-electron chi connectivity index (χ0n) is 9.36. The highest BCUT2D eigenvalue weighted by Gasteiger charge is 2.12. The molecule has 3 nitrogen and oxygen atoms in total. The van der Waals surface area contributed by atoms with Crippen LogP contribution in [0.5, 0.6) is 0 Å². The first-order valence-corrected chi connectivity index (χ1v) is 6.01. The van der Waals surface area contributed by atoms with Crippen LogP contribution in [0.3, 0.4) is 0 Å². The maximum Gasteiger partial charge on any atom is 0.168 e. The molecule has 0 aliphatic rings. The van der Waals surface area contributed by atoms with E-state index in [-0.39, 0.29) is 27.9 Å². The second kappa shape index (κ2) is 5.38. The minimum atomic E-state index is -0.0995. The summed E-state index contributed by atoms with van der Waals surface area (Å²) in [5.74, 6) is -0.0995. The van der Waals surface area contributed by atoms with Gasteiger partial charge in [-0.25, -0.2) is 0 Å². The summed E-state index contributed by atoms with van der Waals surface area (Å²) in [6.07, 6.45) is 1.85. The molecule has 0 fully saturated rings. The quantitative estimate of drug-likeness (QED) is 0.693. The predicted molar refractivity (Wildman–Crippen MR) is 73.1 cm³/mol. The van der Waals surface area contributed by atoms with Gasteiger partial charge in [0.15, 0.2) is 5.78 Å². The van der Waals surface area contributed by atoms with E-state index in [0.717, 1.165) is 0 Å². The van der Waals surface area contributed by atoms with Crippen molar-refractivity contribution in [3.8, 4) is 0 Å². The number of hydrogen-bond acceptors (Lipinski definition) is 3. The fourth-order valence-electron chi connectivity index (χ4n) is 1.51. The molecule has 0 radical (unpaired) electrons. The Balaban J connectivity index is 2.25. The second-order valence-electron chi connectivity index (χ2n) is 3.77. The van der Waals surface area contributed by atoms with Gasteiger partial charge in [0, 0.05) is 17.5 Å². The van der Waals surface area contributed by atoms with Crippen LogP contribution in [0, 0.1) is 0 Å². The Morgan fingerprint density at radius 1 is 1.22 bits per heavy atom. The molecule has 1 heterocycles. The summed E-state index contributed by atoms with van der Waals surface area (Å²) in [7, 11) is 0. The zero-order chi connectivity index (χ0) is 13.1. The molecular weight excluding hydrogens is 271 g/mol. The third-order valence-electron chi connectivity index (χ3n) is 2.47. The number of carbonyl (C=O) groups excluding carboxylic acids is 1. The number of aromatic nitrogens is 1. The van der Waals surface area contributed by atoms with E-state index in [1.807, 2.05) is 6.07 Å². The van der Waals surface area contributed by atoms with E-state index in [1.54, 1.807) is 18.3 Å². The van der Waals surface area contributed by atoms with Crippen molar-refractivity contribution < 1.29 is 4.79 Å². The van der Waals surface area contributed by atoms with Crippen molar-refractivity contribution in [2.45, 2.75) is 6.42 Å². The number of pyridine rings is 1. The Morgan fingerprint density at radius 2 is 1.89 bits per heavy atom. The van der Waals surface area contributed by atoms with Gasteiger partial charge in [-0.3, -0.25) is 9.78 Å². The first kappa shape index (κ1) is 12.9. The van der Waals surface area contributed by atoms with Crippen molar-refractivity contribution >= 4 is 34.7 Å². The fourth-order valence-corrected chi connectivity index (χ4v) is 2.00. The van der Waals surface area contributed by atoms with Gasteiger partial charge in [-0.05, 0) is 24.3 Å². The number of nitrogens with zero attached hydrogens (tertiary/aromatic N) is 1. The molecule has 5 heteroatoms. The SMILES string of the molecule is Nc1c(Cl)cc(C(=O)Cc2ccccn2)cc1Cl. The average Bonchev–Trinajstić information content (AvgIpc) is 2.36. The Kier molecular flexibility index (Phi) is 3.84. The first-order chi connectivity index (χ1) is 8.58.